The second kappa shape index (κ2) is 7.61. The van der Waals surface area contributed by atoms with Crippen molar-refractivity contribution in [2.45, 2.75) is 13.8 Å². The monoisotopic (exact) mass is 377 g/mol. The first-order chi connectivity index (χ1) is 13.1. The van der Waals surface area contributed by atoms with Crippen LogP contribution in [-0.4, -0.2) is 45.2 Å². The molecule has 27 heavy (non-hydrogen) atoms. The normalized spacial score (nSPS) is 14.4. The Hall–Kier alpha value is -2.53. The fourth-order valence-electron chi connectivity index (χ4n) is 3.28. The fraction of sp³-hybridized carbons (Fsp3) is 0.273. The van der Waals surface area contributed by atoms with Crippen LogP contribution < -0.4 is 0 Å². The number of carbonyl (C=O) groups excluding carboxylic acids is 1. The smallest absolute Gasteiger partial charge is 0.257 e. The van der Waals surface area contributed by atoms with E-state index in [1.807, 2.05) is 57.9 Å². The van der Waals surface area contributed by atoms with E-state index in [2.05, 4.69) is 32.0 Å². The molecule has 138 valence electrons. The van der Waals surface area contributed by atoms with Crippen molar-refractivity contribution >= 4 is 17.7 Å². The van der Waals surface area contributed by atoms with E-state index in [-0.39, 0.29) is 5.91 Å². The minimum Gasteiger partial charge on any atom is -0.337 e. The van der Waals surface area contributed by atoms with Gasteiger partial charge in [0.1, 0.15) is 5.69 Å². The molecular weight excluding hydrogens is 354 g/mol. The molecule has 2 heterocycles. The number of benzene rings is 2. The van der Waals surface area contributed by atoms with Crippen molar-refractivity contribution in [3.05, 3.63) is 71.4 Å². The van der Waals surface area contributed by atoms with Crippen LogP contribution in [0.2, 0.25) is 0 Å². The molecule has 0 bridgehead atoms. The predicted octanol–water partition coefficient (Wildman–Crippen LogP) is 4.35. The Balaban J connectivity index is 1.81. The molecule has 0 N–H and O–H groups in total. The molecule has 0 unspecified atom stereocenters. The minimum absolute atomic E-state index is 0.0747. The molecule has 3 aromatic rings. The van der Waals surface area contributed by atoms with E-state index >= 15 is 0 Å². The van der Waals surface area contributed by atoms with E-state index in [1.165, 1.54) is 11.1 Å². The maximum Gasteiger partial charge on any atom is 0.257 e. The Kier molecular flexibility index (Phi) is 5.03. The van der Waals surface area contributed by atoms with E-state index in [9.17, 15) is 4.79 Å². The zero-order chi connectivity index (χ0) is 18.8. The number of hydrogen-bond acceptors (Lipinski definition) is 3. The first kappa shape index (κ1) is 17.9. The van der Waals surface area contributed by atoms with Gasteiger partial charge < -0.3 is 4.90 Å². The van der Waals surface area contributed by atoms with Crippen LogP contribution in [0.25, 0.3) is 16.9 Å². The molecule has 2 aromatic carbocycles. The van der Waals surface area contributed by atoms with Gasteiger partial charge in [0, 0.05) is 36.4 Å². The van der Waals surface area contributed by atoms with Gasteiger partial charge in [-0.2, -0.15) is 16.9 Å². The van der Waals surface area contributed by atoms with Crippen LogP contribution in [-0.2, 0) is 0 Å². The van der Waals surface area contributed by atoms with Gasteiger partial charge in [-0.1, -0.05) is 30.3 Å². The summed E-state index contributed by atoms with van der Waals surface area (Å²) in [5.74, 6) is 2.07. The average molecular weight is 378 g/mol. The molecule has 5 heteroatoms. The van der Waals surface area contributed by atoms with Crippen molar-refractivity contribution in [2.75, 3.05) is 24.6 Å². The van der Waals surface area contributed by atoms with Gasteiger partial charge in [0.25, 0.3) is 5.91 Å². The molecule has 1 amide bonds. The third-order valence-corrected chi connectivity index (χ3v) is 5.99. The quantitative estimate of drug-likeness (QED) is 0.681. The van der Waals surface area contributed by atoms with E-state index in [1.54, 1.807) is 0 Å². The molecule has 1 aliphatic rings. The summed E-state index contributed by atoms with van der Waals surface area (Å²) in [6.45, 7) is 5.79. The number of aryl methyl sites for hydroxylation is 2. The van der Waals surface area contributed by atoms with Gasteiger partial charge in [-0.05, 0) is 43.2 Å². The molecule has 0 saturated carbocycles. The molecule has 0 aliphatic carbocycles. The maximum atomic E-state index is 13.3. The fourth-order valence-corrected chi connectivity index (χ4v) is 4.19. The number of para-hydroxylation sites is 1. The third-order valence-electron chi connectivity index (χ3n) is 5.04. The first-order valence-electron chi connectivity index (χ1n) is 9.23. The molecular formula is C22H23N3OS. The number of rotatable bonds is 3. The van der Waals surface area contributed by atoms with Crippen molar-refractivity contribution in [1.82, 2.24) is 14.7 Å². The lowest BCUT2D eigenvalue weighted by atomic mass is 10.0. The van der Waals surface area contributed by atoms with Crippen molar-refractivity contribution in [2.24, 2.45) is 0 Å². The summed E-state index contributed by atoms with van der Waals surface area (Å²) in [6, 6.07) is 16.2. The number of thioether (sulfide) groups is 1. The lowest BCUT2D eigenvalue weighted by Gasteiger charge is -2.26. The largest absolute Gasteiger partial charge is 0.337 e. The molecule has 1 aromatic heterocycles. The van der Waals surface area contributed by atoms with E-state index in [4.69, 9.17) is 5.10 Å². The summed E-state index contributed by atoms with van der Waals surface area (Å²) >= 11 is 1.90. The minimum atomic E-state index is 0.0747. The predicted molar refractivity (Wildman–Crippen MR) is 112 cm³/mol. The second-order valence-electron chi connectivity index (χ2n) is 6.88. The second-order valence-corrected chi connectivity index (χ2v) is 8.10. The Morgan fingerprint density at radius 1 is 1.00 bits per heavy atom. The number of hydrogen-bond donors (Lipinski definition) is 0. The number of nitrogens with zero attached hydrogens (tertiary/aromatic N) is 3. The summed E-state index contributed by atoms with van der Waals surface area (Å²) in [6.07, 6.45) is 1.88. The maximum absolute atomic E-state index is 13.3. The highest BCUT2D eigenvalue weighted by Crippen LogP contribution is 2.27. The van der Waals surface area contributed by atoms with Crippen molar-refractivity contribution in [3.8, 4) is 16.9 Å². The van der Waals surface area contributed by atoms with E-state index in [0.29, 0.717) is 5.56 Å². The van der Waals surface area contributed by atoms with Crippen LogP contribution in [0.15, 0.2) is 54.7 Å². The van der Waals surface area contributed by atoms with E-state index in [0.717, 1.165) is 41.5 Å². The number of carbonyl (C=O) groups is 1. The van der Waals surface area contributed by atoms with Crippen LogP contribution in [0.1, 0.15) is 21.5 Å². The summed E-state index contributed by atoms with van der Waals surface area (Å²) in [5.41, 5.74) is 5.81. The molecule has 4 rings (SSSR count). The zero-order valence-electron chi connectivity index (χ0n) is 15.7. The standard InChI is InChI=1S/C22H23N3OS/c1-16-8-9-18(14-17(16)2)21-20(22(26)24-10-12-27-13-11-24)15-25(23-21)19-6-4-3-5-7-19/h3-9,14-15H,10-13H2,1-2H3. The average Bonchev–Trinajstić information content (AvgIpc) is 3.16. The highest BCUT2D eigenvalue weighted by Gasteiger charge is 2.25. The Bertz CT molecular complexity index is 959. The third kappa shape index (κ3) is 3.65. The molecule has 0 spiro atoms. The lowest BCUT2D eigenvalue weighted by Crippen LogP contribution is -2.38. The number of amides is 1. The highest BCUT2D eigenvalue weighted by molar-refractivity contribution is 7.99. The Morgan fingerprint density at radius 2 is 1.74 bits per heavy atom. The zero-order valence-corrected chi connectivity index (χ0v) is 16.5. The van der Waals surface area contributed by atoms with Gasteiger partial charge in [-0.15, -0.1) is 0 Å². The summed E-state index contributed by atoms with van der Waals surface area (Å²) in [4.78, 5) is 15.2. The summed E-state index contributed by atoms with van der Waals surface area (Å²) in [7, 11) is 0. The molecule has 1 saturated heterocycles. The Morgan fingerprint density at radius 3 is 2.44 bits per heavy atom. The van der Waals surface area contributed by atoms with Crippen LogP contribution in [0.5, 0.6) is 0 Å². The van der Waals surface area contributed by atoms with Crippen molar-refractivity contribution in [3.63, 3.8) is 0 Å². The van der Waals surface area contributed by atoms with Gasteiger partial charge in [-0.3, -0.25) is 4.79 Å². The molecule has 4 nitrogen and oxygen atoms in total. The number of aromatic nitrogens is 2. The van der Waals surface area contributed by atoms with Crippen LogP contribution in [0.4, 0.5) is 0 Å². The first-order valence-corrected chi connectivity index (χ1v) is 10.4. The topological polar surface area (TPSA) is 38.1 Å². The SMILES string of the molecule is Cc1ccc(-c2nn(-c3ccccc3)cc2C(=O)N2CCSCC2)cc1C. The molecule has 0 radical (unpaired) electrons. The van der Waals surface area contributed by atoms with Crippen LogP contribution >= 0.6 is 11.8 Å². The highest BCUT2D eigenvalue weighted by atomic mass is 32.2. The van der Waals surface area contributed by atoms with Crippen molar-refractivity contribution in [1.29, 1.82) is 0 Å². The van der Waals surface area contributed by atoms with Gasteiger partial charge in [-0.25, -0.2) is 4.68 Å². The van der Waals surface area contributed by atoms with Crippen LogP contribution in [0.3, 0.4) is 0 Å². The van der Waals surface area contributed by atoms with E-state index < -0.39 is 0 Å². The van der Waals surface area contributed by atoms with Gasteiger partial charge in [0.2, 0.25) is 0 Å². The Labute approximate surface area is 164 Å². The molecule has 1 fully saturated rings. The molecule has 0 atom stereocenters. The lowest BCUT2D eigenvalue weighted by molar-refractivity contribution is 0.0773. The summed E-state index contributed by atoms with van der Waals surface area (Å²) in [5, 5.41) is 4.80. The van der Waals surface area contributed by atoms with Crippen LogP contribution in [0, 0.1) is 13.8 Å². The molecule has 1 aliphatic heterocycles. The van der Waals surface area contributed by atoms with Gasteiger partial charge in [0.05, 0.1) is 11.3 Å². The van der Waals surface area contributed by atoms with Gasteiger partial charge >= 0.3 is 0 Å². The summed E-state index contributed by atoms with van der Waals surface area (Å²) < 4.78 is 1.82. The van der Waals surface area contributed by atoms with Gasteiger partial charge in [0.15, 0.2) is 0 Å². The van der Waals surface area contributed by atoms with Crippen molar-refractivity contribution < 1.29 is 4.79 Å².